The number of likely N-dealkylation sites (tertiary alicyclic amines) is 1. The molecule has 3 rings (SSSR count). The van der Waals surface area contributed by atoms with Crippen molar-refractivity contribution in [3.05, 3.63) is 64.7 Å². The molecule has 1 aliphatic rings. The molecular weight excluding hydrogens is 308 g/mol. The van der Waals surface area contributed by atoms with Gasteiger partial charge in [-0.2, -0.15) is 0 Å². The first-order valence-corrected chi connectivity index (χ1v) is 8.50. The molecule has 0 radical (unpaired) electrons. The molecule has 23 heavy (non-hydrogen) atoms. The first kappa shape index (κ1) is 16.0. The Kier molecular flexibility index (Phi) is 5.31. The lowest BCUT2D eigenvalue weighted by Gasteiger charge is -2.23. The van der Waals surface area contributed by atoms with Gasteiger partial charge in [-0.1, -0.05) is 41.9 Å². The van der Waals surface area contributed by atoms with E-state index in [2.05, 4.69) is 29.3 Å². The topological polar surface area (TPSA) is 37.0 Å². The Hall–Kier alpha value is -1.84. The molecule has 1 heterocycles. The van der Waals surface area contributed by atoms with Gasteiger partial charge in [0.15, 0.2) is 0 Å². The monoisotopic (exact) mass is 329 g/mol. The fraction of sp³-hybridized carbons (Fsp3) is 0.316. The molecule has 0 unspecified atom stereocenters. The van der Waals surface area contributed by atoms with E-state index in [1.54, 1.807) is 29.3 Å². The zero-order valence-electron chi connectivity index (χ0n) is 13.1. The standard InChI is InChI=1S/C19H21ClN2O/c20-17-8-9-19(23)16(12-17)13-21-14-18(22-10-4-5-11-22)15-6-2-1-3-7-15/h1-3,6-9,12-13,18,23H,4-5,10-11,14H2/p+1/t18-/m1/s1. The smallest absolute Gasteiger partial charge is 0.133 e. The molecule has 1 saturated heterocycles. The molecule has 1 atom stereocenters. The van der Waals surface area contributed by atoms with Gasteiger partial charge in [-0.25, -0.2) is 0 Å². The maximum atomic E-state index is 9.87. The van der Waals surface area contributed by atoms with Crippen LogP contribution in [-0.2, 0) is 0 Å². The summed E-state index contributed by atoms with van der Waals surface area (Å²) in [6.45, 7) is 3.13. The van der Waals surface area contributed by atoms with E-state index in [1.807, 2.05) is 6.07 Å². The van der Waals surface area contributed by atoms with Crippen molar-refractivity contribution in [3.63, 3.8) is 0 Å². The minimum Gasteiger partial charge on any atom is -0.507 e. The van der Waals surface area contributed by atoms with Gasteiger partial charge in [0.1, 0.15) is 11.8 Å². The van der Waals surface area contributed by atoms with Gasteiger partial charge >= 0.3 is 0 Å². The van der Waals surface area contributed by atoms with Crippen molar-refractivity contribution < 1.29 is 10.0 Å². The highest BCUT2D eigenvalue weighted by molar-refractivity contribution is 6.30. The van der Waals surface area contributed by atoms with Crippen LogP contribution < -0.4 is 4.90 Å². The van der Waals surface area contributed by atoms with Crippen LogP contribution in [0.5, 0.6) is 5.75 Å². The van der Waals surface area contributed by atoms with Crippen LogP contribution in [-0.4, -0.2) is 31.0 Å². The predicted molar refractivity (Wildman–Crippen MR) is 94.7 cm³/mol. The van der Waals surface area contributed by atoms with Crippen molar-refractivity contribution in [2.75, 3.05) is 19.6 Å². The van der Waals surface area contributed by atoms with E-state index in [-0.39, 0.29) is 5.75 Å². The van der Waals surface area contributed by atoms with E-state index in [0.29, 0.717) is 23.2 Å². The molecule has 3 nitrogen and oxygen atoms in total. The van der Waals surface area contributed by atoms with Crippen molar-refractivity contribution in [3.8, 4) is 5.75 Å². The number of quaternary nitrogens is 1. The second kappa shape index (κ2) is 7.62. The van der Waals surface area contributed by atoms with E-state index < -0.39 is 0 Å². The van der Waals surface area contributed by atoms with Crippen LogP contribution in [0.15, 0.2) is 53.5 Å². The molecule has 2 aromatic carbocycles. The number of nitrogens with one attached hydrogen (secondary N) is 1. The summed E-state index contributed by atoms with van der Waals surface area (Å²) < 4.78 is 0. The number of aliphatic imine (C=N–C) groups is 1. The Morgan fingerprint density at radius 2 is 1.87 bits per heavy atom. The van der Waals surface area contributed by atoms with Crippen LogP contribution in [0.4, 0.5) is 0 Å². The molecule has 1 aliphatic heterocycles. The van der Waals surface area contributed by atoms with Gasteiger partial charge in [-0.15, -0.1) is 0 Å². The molecule has 0 bridgehead atoms. The Labute approximate surface area is 142 Å². The molecule has 0 spiro atoms. The van der Waals surface area contributed by atoms with Crippen LogP contribution >= 0.6 is 11.6 Å². The number of nitrogens with zero attached hydrogens (tertiary/aromatic N) is 1. The van der Waals surface area contributed by atoms with Crippen molar-refractivity contribution in [1.82, 2.24) is 0 Å². The van der Waals surface area contributed by atoms with E-state index in [4.69, 9.17) is 11.6 Å². The predicted octanol–water partition coefficient (Wildman–Crippen LogP) is 2.88. The lowest BCUT2D eigenvalue weighted by Crippen LogP contribution is -3.10. The minimum atomic E-state index is 0.211. The molecular formula is C19H22ClN2O+. The zero-order valence-corrected chi connectivity index (χ0v) is 13.8. The summed E-state index contributed by atoms with van der Waals surface area (Å²) in [6.07, 6.45) is 4.31. The molecule has 2 N–H and O–H groups in total. The Balaban J connectivity index is 1.76. The lowest BCUT2D eigenvalue weighted by atomic mass is 10.1. The largest absolute Gasteiger partial charge is 0.507 e. The van der Waals surface area contributed by atoms with Gasteiger partial charge in [0.25, 0.3) is 0 Å². The van der Waals surface area contributed by atoms with E-state index in [1.165, 1.54) is 31.5 Å². The van der Waals surface area contributed by atoms with Crippen molar-refractivity contribution in [2.24, 2.45) is 4.99 Å². The summed E-state index contributed by atoms with van der Waals surface area (Å²) in [4.78, 5) is 6.20. The van der Waals surface area contributed by atoms with Crippen molar-refractivity contribution in [1.29, 1.82) is 0 Å². The highest BCUT2D eigenvalue weighted by atomic mass is 35.5. The summed E-state index contributed by atoms with van der Waals surface area (Å²) in [5, 5.41) is 10.5. The summed E-state index contributed by atoms with van der Waals surface area (Å²) in [7, 11) is 0. The average molecular weight is 330 g/mol. The maximum absolute atomic E-state index is 9.87. The SMILES string of the molecule is Oc1ccc(Cl)cc1C=NC[C@H](c1ccccc1)[NH+]1CCCC1. The third kappa shape index (κ3) is 4.12. The Morgan fingerprint density at radius 3 is 2.61 bits per heavy atom. The number of halogens is 1. The maximum Gasteiger partial charge on any atom is 0.133 e. The van der Waals surface area contributed by atoms with Gasteiger partial charge < -0.3 is 10.0 Å². The number of rotatable bonds is 5. The number of benzene rings is 2. The zero-order chi connectivity index (χ0) is 16.1. The third-order valence-corrected chi connectivity index (χ3v) is 4.68. The molecule has 4 heteroatoms. The molecule has 0 saturated carbocycles. The van der Waals surface area contributed by atoms with Gasteiger partial charge in [-0.3, -0.25) is 4.99 Å². The van der Waals surface area contributed by atoms with Crippen LogP contribution in [0.2, 0.25) is 5.02 Å². The highest BCUT2D eigenvalue weighted by Crippen LogP contribution is 2.20. The average Bonchev–Trinajstić information content (AvgIpc) is 3.09. The summed E-state index contributed by atoms with van der Waals surface area (Å²) in [5.74, 6) is 0.211. The van der Waals surface area contributed by atoms with Gasteiger partial charge in [-0.05, 0) is 18.2 Å². The Morgan fingerprint density at radius 1 is 1.13 bits per heavy atom. The molecule has 0 aliphatic carbocycles. The first-order valence-electron chi connectivity index (χ1n) is 8.12. The lowest BCUT2D eigenvalue weighted by molar-refractivity contribution is -0.918. The minimum absolute atomic E-state index is 0.211. The van der Waals surface area contributed by atoms with E-state index in [9.17, 15) is 5.11 Å². The second-order valence-electron chi connectivity index (χ2n) is 6.03. The summed E-state index contributed by atoms with van der Waals surface area (Å²) >= 11 is 5.98. The van der Waals surface area contributed by atoms with Crippen LogP contribution in [0, 0.1) is 0 Å². The summed E-state index contributed by atoms with van der Waals surface area (Å²) in [5.41, 5.74) is 2.00. The van der Waals surface area contributed by atoms with E-state index in [0.717, 1.165) is 0 Å². The van der Waals surface area contributed by atoms with Crippen molar-refractivity contribution in [2.45, 2.75) is 18.9 Å². The molecule has 0 amide bonds. The second-order valence-corrected chi connectivity index (χ2v) is 6.46. The van der Waals surface area contributed by atoms with E-state index >= 15 is 0 Å². The number of phenolic OH excluding ortho intramolecular Hbond substituents is 1. The van der Waals surface area contributed by atoms with Crippen LogP contribution in [0.3, 0.4) is 0 Å². The number of hydrogen-bond acceptors (Lipinski definition) is 2. The van der Waals surface area contributed by atoms with Gasteiger partial charge in [0.05, 0.1) is 19.6 Å². The van der Waals surface area contributed by atoms with Gasteiger partial charge in [0.2, 0.25) is 0 Å². The first-order chi connectivity index (χ1) is 11.2. The number of aromatic hydroxyl groups is 1. The third-order valence-electron chi connectivity index (χ3n) is 4.45. The number of phenols is 1. The van der Waals surface area contributed by atoms with Crippen molar-refractivity contribution >= 4 is 17.8 Å². The normalized spacial score (nSPS) is 16.9. The fourth-order valence-electron chi connectivity index (χ4n) is 3.22. The van der Waals surface area contributed by atoms with Crippen LogP contribution in [0.1, 0.15) is 30.0 Å². The van der Waals surface area contributed by atoms with Gasteiger partial charge in [0, 0.05) is 35.2 Å². The Bertz CT molecular complexity index is 666. The molecule has 1 fully saturated rings. The fourth-order valence-corrected chi connectivity index (χ4v) is 3.40. The molecule has 2 aromatic rings. The quantitative estimate of drug-likeness (QED) is 0.813. The van der Waals surface area contributed by atoms with Crippen LogP contribution in [0.25, 0.3) is 0 Å². The molecule has 0 aromatic heterocycles. The molecule has 120 valence electrons. The highest BCUT2D eigenvalue weighted by Gasteiger charge is 2.26. The number of hydrogen-bond donors (Lipinski definition) is 2. The summed E-state index contributed by atoms with van der Waals surface area (Å²) in [6, 6.07) is 16.0.